The highest BCUT2D eigenvalue weighted by Crippen LogP contribution is 2.13. The van der Waals surface area contributed by atoms with E-state index in [0.29, 0.717) is 0 Å². The third kappa shape index (κ3) is 2.98. The standard InChI is InChI=1S/C13H21N5/c1-10-12(8-15-17-10)7-14-5-11-6-16-18(9-11)13(2,3)4/h6,8-9,14H,5,7H2,1-4H3,(H,15,17). The average Bonchev–Trinajstić information content (AvgIpc) is 2.88. The Hall–Kier alpha value is -1.62. The Morgan fingerprint density at radius 2 is 2.06 bits per heavy atom. The van der Waals surface area contributed by atoms with E-state index in [1.54, 1.807) is 0 Å². The van der Waals surface area contributed by atoms with Crippen LogP contribution >= 0.6 is 0 Å². The molecule has 0 aliphatic heterocycles. The Morgan fingerprint density at radius 3 is 2.61 bits per heavy atom. The fourth-order valence-electron chi connectivity index (χ4n) is 1.71. The van der Waals surface area contributed by atoms with Gasteiger partial charge in [0.1, 0.15) is 0 Å². The van der Waals surface area contributed by atoms with Crippen molar-refractivity contribution in [3.05, 3.63) is 35.4 Å². The summed E-state index contributed by atoms with van der Waals surface area (Å²) in [5.74, 6) is 0. The van der Waals surface area contributed by atoms with Crippen molar-refractivity contribution in [1.29, 1.82) is 0 Å². The van der Waals surface area contributed by atoms with Crippen LogP contribution in [0.1, 0.15) is 37.6 Å². The number of H-pyrrole nitrogens is 1. The minimum absolute atomic E-state index is 0.0411. The highest BCUT2D eigenvalue weighted by atomic mass is 15.3. The van der Waals surface area contributed by atoms with Crippen molar-refractivity contribution in [1.82, 2.24) is 25.3 Å². The molecule has 2 aromatic heterocycles. The summed E-state index contributed by atoms with van der Waals surface area (Å²) in [6, 6.07) is 0. The first-order valence-electron chi connectivity index (χ1n) is 6.20. The number of rotatable bonds is 4. The van der Waals surface area contributed by atoms with Crippen LogP contribution in [0.2, 0.25) is 0 Å². The van der Waals surface area contributed by atoms with Gasteiger partial charge < -0.3 is 5.32 Å². The average molecular weight is 247 g/mol. The molecule has 0 aromatic carbocycles. The van der Waals surface area contributed by atoms with Gasteiger partial charge in [0.25, 0.3) is 0 Å². The third-order valence-corrected chi connectivity index (χ3v) is 2.90. The van der Waals surface area contributed by atoms with E-state index in [9.17, 15) is 0 Å². The van der Waals surface area contributed by atoms with Crippen LogP contribution in [0.25, 0.3) is 0 Å². The summed E-state index contributed by atoms with van der Waals surface area (Å²) >= 11 is 0. The Balaban J connectivity index is 1.88. The van der Waals surface area contributed by atoms with Crippen LogP contribution in [0.4, 0.5) is 0 Å². The van der Waals surface area contributed by atoms with Crippen molar-refractivity contribution < 1.29 is 0 Å². The molecule has 98 valence electrons. The summed E-state index contributed by atoms with van der Waals surface area (Å²) in [6.45, 7) is 10.1. The number of aryl methyl sites for hydroxylation is 1. The molecule has 0 saturated heterocycles. The predicted molar refractivity (Wildman–Crippen MR) is 71.1 cm³/mol. The number of hydrogen-bond donors (Lipinski definition) is 2. The van der Waals surface area contributed by atoms with Crippen molar-refractivity contribution in [2.45, 2.75) is 46.3 Å². The van der Waals surface area contributed by atoms with E-state index >= 15 is 0 Å². The van der Waals surface area contributed by atoms with E-state index < -0.39 is 0 Å². The molecular formula is C13H21N5. The maximum absolute atomic E-state index is 4.38. The van der Waals surface area contributed by atoms with Crippen molar-refractivity contribution in [2.75, 3.05) is 0 Å². The Bertz CT molecular complexity index is 503. The fourth-order valence-corrected chi connectivity index (χ4v) is 1.71. The van der Waals surface area contributed by atoms with Crippen molar-refractivity contribution in [2.24, 2.45) is 0 Å². The molecule has 2 aromatic rings. The Morgan fingerprint density at radius 1 is 1.28 bits per heavy atom. The van der Waals surface area contributed by atoms with Crippen LogP contribution in [0, 0.1) is 6.92 Å². The zero-order valence-corrected chi connectivity index (χ0v) is 11.5. The van der Waals surface area contributed by atoms with Gasteiger partial charge in [0.15, 0.2) is 0 Å². The van der Waals surface area contributed by atoms with Gasteiger partial charge in [0.2, 0.25) is 0 Å². The molecule has 0 unspecified atom stereocenters. The second-order valence-electron chi connectivity index (χ2n) is 5.59. The van der Waals surface area contributed by atoms with E-state index in [0.717, 1.165) is 18.8 Å². The zero-order valence-electron chi connectivity index (χ0n) is 11.5. The molecule has 0 aliphatic carbocycles. The van der Waals surface area contributed by atoms with Gasteiger partial charge in [0, 0.05) is 36.1 Å². The van der Waals surface area contributed by atoms with Gasteiger partial charge in [-0.25, -0.2) is 0 Å². The SMILES string of the molecule is Cc1[nH]ncc1CNCc1cnn(C(C)(C)C)c1. The van der Waals surface area contributed by atoms with Gasteiger partial charge in [0.05, 0.1) is 17.9 Å². The Labute approximate surface area is 108 Å². The summed E-state index contributed by atoms with van der Waals surface area (Å²) in [7, 11) is 0. The van der Waals surface area contributed by atoms with Gasteiger partial charge >= 0.3 is 0 Å². The molecule has 5 heteroatoms. The second-order valence-corrected chi connectivity index (χ2v) is 5.59. The lowest BCUT2D eigenvalue weighted by molar-refractivity contribution is 0.355. The zero-order chi connectivity index (χ0) is 13.2. The van der Waals surface area contributed by atoms with Crippen LogP contribution in [0.3, 0.4) is 0 Å². The summed E-state index contributed by atoms with van der Waals surface area (Å²) in [4.78, 5) is 0. The predicted octanol–water partition coefficient (Wildman–Crippen LogP) is 1.96. The molecule has 0 aliphatic rings. The van der Waals surface area contributed by atoms with Gasteiger partial charge in [-0.15, -0.1) is 0 Å². The molecule has 2 rings (SSSR count). The molecule has 0 bridgehead atoms. The number of nitrogens with one attached hydrogen (secondary N) is 2. The number of aromatic nitrogens is 4. The molecule has 0 saturated carbocycles. The van der Waals surface area contributed by atoms with Gasteiger partial charge in [-0.3, -0.25) is 9.78 Å². The fraction of sp³-hybridized carbons (Fsp3) is 0.538. The molecule has 5 nitrogen and oxygen atoms in total. The van der Waals surface area contributed by atoms with Crippen LogP contribution in [0.5, 0.6) is 0 Å². The van der Waals surface area contributed by atoms with E-state index in [4.69, 9.17) is 0 Å². The van der Waals surface area contributed by atoms with E-state index in [2.05, 4.69) is 47.6 Å². The molecule has 18 heavy (non-hydrogen) atoms. The highest BCUT2D eigenvalue weighted by molar-refractivity contribution is 5.14. The smallest absolute Gasteiger partial charge is 0.0543 e. The molecule has 0 radical (unpaired) electrons. The molecule has 2 heterocycles. The minimum atomic E-state index is 0.0411. The molecular weight excluding hydrogens is 226 g/mol. The quantitative estimate of drug-likeness (QED) is 0.868. The maximum Gasteiger partial charge on any atom is 0.0543 e. The lowest BCUT2D eigenvalue weighted by Gasteiger charge is -2.18. The monoisotopic (exact) mass is 247 g/mol. The topological polar surface area (TPSA) is 58.5 Å². The lowest BCUT2D eigenvalue weighted by Crippen LogP contribution is -2.22. The summed E-state index contributed by atoms with van der Waals surface area (Å²) in [6.07, 6.45) is 5.87. The van der Waals surface area contributed by atoms with E-state index in [-0.39, 0.29) is 5.54 Å². The number of aromatic amines is 1. The van der Waals surface area contributed by atoms with Gasteiger partial charge in [-0.2, -0.15) is 10.2 Å². The van der Waals surface area contributed by atoms with Crippen LogP contribution < -0.4 is 5.32 Å². The highest BCUT2D eigenvalue weighted by Gasteiger charge is 2.13. The van der Waals surface area contributed by atoms with Gasteiger partial charge in [-0.1, -0.05) is 0 Å². The first-order chi connectivity index (χ1) is 8.47. The molecule has 0 fully saturated rings. The summed E-state index contributed by atoms with van der Waals surface area (Å²) < 4.78 is 1.99. The first kappa shape index (κ1) is 12.8. The van der Waals surface area contributed by atoms with Crippen LogP contribution in [-0.2, 0) is 18.6 Å². The molecule has 0 amide bonds. The second kappa shape index (κ2) is 4.94. The Kier molecular flexibility index (Phi) is 3.52. The molecule has 0 atom stereocenters. The van der Waals surface area contributed by atoms with Crippen LogP contribution in [0.15, 0.2) is 18.6 Å². The van der Waals surface area contributed by atoms with Gasteiger partial charge in [-0.05, 0) is 27.7 Å². The number of nitrogens with zero attached hydrogens (tertiary/aromatic N) is 3. The third-order valence-electron chi connectivity index (χ3n) is 2.90. The van der Waals surface area contributed by atoms with Crippen molar-refractivity contribution in [3.63, 3.8) is 0 Å². The molecule has 2 N–H and O–H groups in total. The normalized spacial score (nSPS) is 12.0. The number of hydrogen-bond acceptors (Lipinski definition) is 3. The maximum atomic E-state index is 4.38. The lowest BCUT2D eigenvalue weighted by atomic mass is 10.1. The summed E-state index contributed by atoms with van der Waals surface area (Å²) in [5.41, 5.74) is 3.57. The van der Waals surface area contributed by atoms with Crippen molar-refractivity contribution >= 4 is 0 Å². The van der Waals surface area contributed by atoms with E-state index in [1.165, 1.54) is 11.1 Å². The van der Waals surface area contributed by atoms with Crippen molar-refractivity contribution in [3.8, 4) is 0 Å². The summed E-state index contributed by atoms with van der Waals surface area (Å²) in [5, 5.41) is 14.7. The first-order valence-corrected chi connectivity index (χ1v) is 6.20. The van der Waals surface area contributed by atoms with E-state index in [1.807, 2.05) is 24.0 Å². The minimum Gasteiger partial charge on any atom is -0.308 e. The van der Waals surface area contributed by atoms with Crippen LogP contribution in [-0.4, -0.2) is 20.0 Å². The molecule has 0 spiro atoms. The largest absolute Gasteiger partial charge is 0.308 e.